The van der Waals surface area contributed by atoms with Crippen molar-refractivity contribution < 1.29 is 14.3 Å². The molecule has 0 saturated carbocycles. The van der Waals surface area contributed by atoms with Gasteiger partial charge in [0.15, 0.2) is 5.78 Å². The third-order valence-electron chi connectivity index (χ3n) is 3.51. The van der Waals surface area contributed by atoms with Crippen molar-refractivity contribution in [3.8, 4) is 0 Å². The van der Waals surface area contributed by atoms with E-state index in [-0.39, 0.29) is 35.7 Å². The molecule has 0 spiro atoms. The molecular formula is C12H21NO3. The lowest BCUT2D eigenvalue weighted by Gasteiger charge is -2.20. The van der Waals surface area contributed by atoms with Gasteiger partial charge in [-0.3, -0.25) is 9.59 Å². The average Bonchev–Trinajstić information content (AvgIpc) is 2.40. The summed E-state index contributed by atoms with van der Waals surface area (Å²) in [6.07, 6.45) is 0.0162. The maximum absolute atomic E-state index is 12.0. The summed E-state index contributed by atoms with van der Waals surface area (Å²) < 4.78 is 5.60. The number of nitrogens with one attached hydrogen (secondary N) is 1. The van der Waals surface area contributed by atoms with Gasteiger partial charge in [0.2, 0.25) is 5.91 Å². The highest BCUT2D eigenvalue weighted by Gasteiger charge is 2.41. The van der Waals surface area contributed by atoms with Crippen LogP contribution in [-0.2, 0) is 14.3 Å². The first-order valence-corrected chi connectivity index (χ1v) is 5.81. The van der Waals surface area contributed by atoms with E-state index in [9.17, 15) is 9.59 Å². The Bertz CT molecular complexity index is 290. The van der Waals surface area contributed by atoms with E-state index in [4.69, 9.17) is 4.74 Å². The largest absolute Gasteiger partial charge is 0.374 e. The fraction of sp³-hybridized carbons (Fsp3) is 0.833. The second kappa shape index (κ2) is 4.95. The van der Waals surface area contributed by atoms with Crippen LogP contribution in [-0.4, -0.2) is 29.9 Å². The number of carbonyl (C=O) groups is 2. The van der Waals surface area contributed by atoms with Crippen LogP contribution in [0.25, 0.3) is 0 Å². The lowest BCUT2D eigenvalue weighted by atomic mass is 9.88. The Morgan fingerprint density at radius 3 is 2.12 bits per heavy atom. The Hall–Kier alpha value is -0.900. The van der Waals surface area contributed by atoms with E-state index in [1.54, 1.807) is 6.92 Å². The first kappa shape index (κ1) is 13.2. The predicted molar refractivity (Wildman–Crippen MR) is 60.9 cm³/mol. The van der Waals surface area contributed by atoms with Gasteiger partial charge in [0.1, 0.15) is 0 Å². The van der Waals surface area contributed by atoms with Crippen LogP contribution in [0, 0.1) is 11.8 Å². The van der Waals surface area contributed by atoms with Crippen molar-refractivity contribution in [3.05, 3.63) is 0 Å². The molecule has 92 valence electrons. The van der Waals surface area contributed by atoms with Crippen molar-refractivity contribution in [3.63, 3.8) is 0 Å². The van der Waals surface area contributed by atoms with Crippen molar-refractivity contribution in [2.45, 2.75) is 52.9 Å². The summed E-state index contributed by atoms with van der Waals surface area (Å²) in [5, 5.41) is 2.73. The molecule has 4 heteroatoms. The van der Waals surface area contributed by atoms with E-state index in [0.29, 0.717) is 0 Å². The summed E-state index contributed by atoms with van der Waals surface area (Å²) in [6.45, 7) is 9.07. The molecule has 1 saturated heterocycles. The molecule has 0 bridgehead atoms. The molecule has 0 aromatic rings. The minimum Gasteiger partial charge on any atom is -0.374 e. The zero-order valence-corrected chi connectivity index (χ0v) is 10.6. The summed E-state index contributed by atoms with van der Waals surface area (Å²) in [5.41, 5.74) is 0. The van der Waals surface area contributed by atoms with Gasteiger partial charge in [-0.25, -0.2) is 0 Å². The van der Waals surface area contributed by atoms with Gasteiger partial charge in [0.05, 0.1) is 24.2 Å². The van der Waals surface area contributed by atoms with Crippen LogP contribution in [0.2, 0.25) is 0 Å². The third-order valence-corrected chi connectivity index (χ3v) is 3.51. The van der Waals surface area contributed by atoms with Crippen LogP contribution in [0.4, 0.5) is 0 Å². The van der Waals surface area contributed by atoms with Gasteiger partial charge in [-0.2, -0.15) is 0 Å². The first-order chi connectivity index (χ1) is 7.34. The van der Waals surface area contributed by atoms with Gasteiger partial charge >= 0.3 is 0 Å². The molecule has 0 aromatic heterocycles. The summed E-state index contributed by atoms with van der Waals surface area (Å²) in [4.78, 5) is 23.1. The van der Waals surface area contributed by atoms with Crippen LogP contribution in [0.1, 0.15) is 34.6 Å². The lowest BCUT2D eigenvalue weighted by molar-refractivity contribution is -0.131. The molecule has 1 N–H and O–H groups in total. The molecule has 0 radical (unpaired) electrons. The Morgan fingerprint density at radius 1 is 1.19 bits per heavy atom. The summed E-state index contributed by atoms with van der Waals surface area (Å²) in [5.74, 6) is -0.0707. The second-order valence-corrected chi connectivity index (χ2v) is 4.77. The molecule has 1 fully saturated rings. The monoisotopic (exact) mass is 227 g/mol. The Morgan fingerprint density at radius 2 is 1.75 bits per heavy atom. The Labute approximate surface area is 96.7 Å². The smallest absolute Gasteiger partial charge is 0.226 e. The molecule has 5 unspecified atom stereocenters. The minimum atomic E-state index is -0.414. The fourth-order valence-corrected chi connectivity index (χ4v) is 2.13. The molecule has 1 aliphatic rings. The van der Waals surface area contributed by atoms with Crippen LogP contribution >= 0.6 is 0 Å². The zero-order chi connectivity index (χ0) is 12.5. The molecule has 1 amide bonds. The number of hydrogen-bond donors (Lipinski definition) is 1. The molecule has 1 rings (SSSR count). The maximum atomic E-state index is 12.0. The molecule has 16 heavy (non-hydrogen) atoms. The number of rotatable bonds is 3. The first-order valence-electron chi connectivity index (χ1n) is 5.81. The quantitative estimate of drug-likeness (QED) is 0.786. The maximum Gasteiger partial charge on any atom is 0.226 e. The van der Waals surface area contributed by atoms with E-state index in [1.165, 1.54) is 6.92 Å². The topological polar surface area (TPSA) is 55.4 Å². The number of hydrogen-bond acceptors (Lipinski definition) is 3. The highest BCUT2D eigenvalue weighted by molar-refractivity contribution is 5.88. The van der Waals surface area contributed by atoms with Crippen molar-refractivity contribution in [1.82, 2.24) is 5.32 Å². The third kappa shape index (κ3) is 2.61. The number of amides is 1. The molecule has 0 aromatic carbocycles. The van der Waals surface area contributed by atoms with E-state index < -0.39 is 6.04 Å². The van der Waals surface area contributed by atoms with Gasteiger partial charge in [0.25, 0.3) is 0 Å². The van der Waals surface area contributed by atoms with E-state index >= 15 is 0 Å². The zero-order valence-electron chi connectivity index (χ0n) is 10.6. The Balaban J connectivity index is 2.64. The van der Waals surface area contributed by atoms with Crippen LogP contribution in [0.15, 0.2) is 0 Å². The van der Waals surface area contributed by atoms with Gasteiger partial charge in [0, 0.05) is 0 Å². The number of ketones is 1. The van der Waals surface area contributed by atoms with Crippen LogP contribution in [0.3, 0.4) is 0 Å². The summed E-state index contributed by atoms with van der Waals surface area (Å²) in [7, 11) is 0. The number of ether oxygens (including phenoxy) is 1. The summed E-state index contributed by atoms with van der Waals surface area (Å²) >= 11 is 0. The van der Waals surface area contributed by atoms with E-state index in [0.717, 1.165) is 0 Å². The van der Waals surface area contributed by atoms with Gasteiger partial charge in [-0.15, -0.1) is 0 Å². The van der Waals surface area contributed by atoms with Gasteiger partial charge in [-0.05, 0) is 33.6 Å². The molecule has 4 nitrogen and oxygen atoms in total. The van der Waals surface area contributed by atoms with Crippen molar-refractivity contribution >= 4 is 11.7 Å². The summed E-state index contributed by atoms with van der Waals surface area (Å²) in [6, 6.07) is -0.414. The van der Waals surface area contributed by atoms with Crippen LogP contribution in [0.5, 0.6) is 0 Å². The lowest BCUT2D eigenvalue weighted by Crippen LogP contribution is -2.44. The average molecular weight is 227 g/mol. The SMILES string of the molecule is CC(=O)C(C)NC(=O)C1C(C)OC(C)C1C. The van der Waals surface area contributed by atoms with E-state index in [2.05, 4.69) is 5.32 Å². The molecule has 1 heterocycles. The molecule has 5 atom stereocenters. The van der Waals surface area contributed by atoms with Crippen LogP contribution < -0.4 is 5.32 Å². The van der Waals surface area contributed by atoms with Gasteiger partial charge in [-0.1, -0.05) is 6.92 Å². The highest BCUT2D eigenvalue weighted by atomic mass is 16.5. The predicted octanol–water partition coefficient (Wildman–Crippen LogP) is 1.14. The van der Waals surface area contributed by atoms with Crippen molar-refractivity contribution in [2.75, 3.05) is 0 Å². The number of carbonyl (C=O) groups excluding carboxylic acids is 2. The highest BCUT2D eigenvalue weighted by Crippen LogP contribution is 2.32. The van der Waals surface area contributed by atoms with Crippen molar-refractivity contribution in [2.24, 2.45) is 11.8 Å². The number of Topliss-reactive ketones (excluding diaryl/α,β-unsaturated/α-hetero) is 1. The Kier molecular flexibility index (Phi) is 4.08. The van der Waals surface area contributed by atoms with Gasteiger partial charge < -0.3 is 10.1 Å². The van der Waals surface area contributed by atoms with Crippen molar-refractivity contribution in [1.29, 1.82) is 0 Å². The second-order valence-electron chi connectivity index (χ2n) is 4.77. The van der Waals surface area contributed by atoms with E-state index in [1.807, 2.05) is 20.8 Å². The fourth-order valence-electron chi connectivity index (χ4n) is 2.13. The molecular weight excluding hydrogens is 206 g/mol. The molecule has 0 aliphatic carbocycles. The standard InChI is InChI=1S/C12H21NO3/c1-6-9(4)16-10(5)11(6)12(15)13-7(2)8(3)14/h6-7,9-11H,1-5H3,(H,13,15). The molecule has 1 aliphatic heterocycles. The normalized spacial score (nSPS) is 35.8. The minimum absolute atomic E-state index is 0.0272.